The molecule has 1 aromatic rings. The molecule has 26 heavy (non-hydrogen) atoms. The van der Waals surface area contributed by atoms with E-state index < -0.39 is 5.97 Å². The molecule has 0 fully saturated rings. The third-order valence-electron chi connectivity index (χ3n) is 4.01. The van der Waals surface area contributed by atoms with Crippen LogP contribution in [0.15, 0.2) is 58.6 Å². The normalized spacial score (nSPS) is 15.6. The zero-order valence-corrected chi connectivity index (χ0v) is 15.7. The van der Waals surface area contributed by atoms with Crippen LogP contribution in [0.25, 0.3) is 0 Å². The van der Waals surface area contributed by atoms with E-state index in [1.165, 1.54) is 7.11 Å². The zero-order valence-electron chi connectivity index (χ0n) is 15.7. The molecule has 0 atom stereocenters. The fourth-order valence-electron chi connectivity index (χ4n) is 2.66. The maximum atomic E-state index is 12.1. The Bertz CT molecular complexity index is 786. The van der Waals surface area contributed by atoms with Gasteiger partial charge in [-0.05, 0) is 6.42 Å². The van der Waals surface area contributed by atoms with Gasteiger partial charge in [-0.1, -0.05) is 43.7 Å². The van der Waals surface area contributed by atoms with Crippen LogP contribution in [-0.2, 0) is 9.53 Å². The summed E-state index contributed by atoms with van der Waals surface area (Å²) >= 11 is 0. The lowest BCUT2D eigenvalue weighted by molar-refractivity contribution is -0.135. The standard InChI is InChI=1S/C20H24N4O2/c1-5-6-12-24-18(23(2)3)13-17(15-10-8-7-9-11-15)22-19(24)16(14-21)20(25)26-4/h7-11,13H,5-6,12H2,1-4H3/b19-16-. The van der Waals surface area contributed by atoms with E-state index in [2.05, 4.69) is 11.9 Å². The lowest BCUT2D eigenvalue weighted by atomic mass is 10.1. The summed E-state index contributed by atoms with van der Waals surface area (Å²) in [6.07, 6.45) is 3.87. The molecule has 0 N–H and O–H groups in total. The van der Waals surface area contributed by atoms with Gasteiger partial charge >= 0.3 is 5.97 Å². The predicted molar refractivity (Wildman–Crippen MR) is 101 cm³/mol. The number of carbonyl (C=O) groups excluding carboxylic acids is 1. The molecule has 6 nitrogen and oxygen atoms in total. The van der Waals surface area contributed by atoms with E-state index in [0.29, 0.717) is 18.1 Å². The number of hydrogen-bond donors (Lipinski definition) is 0. The fourth-order valence-corrected chi connectivity index (χ4v) is 2.66. The Morgan fingerprint density at radius 1 is 1.31 bits per heavy atom. The van der Waals surface area contributed by atoms with Gasteiger partial charge in [-0.25, -0.2) is 9.79 Å². The molecule has 0 spiro atoms. The molecule has 1 aromatic carbocycles. The second-order valence-corrected chi connectivity index (χ2v) is 6.07. The molecule has 1 aliphatic heterocycles. The predicted octanol–water partition coefficient (Wildman–Crippen LogP) is 2.90. The van der Waals surface area contributed by atoms with Crippen LogP contribution in [0.5, 0.6) is 0 Å². The third-order valence-corrected chi connectivity index (χ3v) is 4.01. The van der Waals surface area contributed by atoms with E-state index in [1.54, 1.807) is 0 Å². The average Bonchev–Trinajstić information content (AvgIpc) is 2.67. The SMILES string of the molecule is CCCCN1C(N(C)C)=CC(c2ccccc2)=N/C1=C(\C#N)C(=O)OC. The second-order valence-electron chi connectivity index (χ2n) is 6.07. The van der Waals surface area contributed by atoms with Crippen LogP contribution in [0.2, 0.25) is 0 Å². The monoisotopic (exact) mass is 352 g/mol. The molecule has 0 aliphatic carbocycles. The average molecular weight is 352 g/mol. The number of allylic oxidation sites excluding steroid dienone is 1. The first-order valence-electron chi connectivity index (χ1n) is 8.56. The third kappa shape index (κ3) is 4.12. The molecule has 0 unspecified atom stereocenters. The first-order valence-corrected chi connectivity index (χ1v) is 8.56. The van der Waals surface area contributed by atoms with E-state index in [9.17, 15) is 10.1 Å². The summed E-state index contributed by atoms with van der Waals surface area (Å²) in [6.45, 7) is 2.75. The van der Waals surface area contributed by atoms with Crippen molar-refractivity contribution in [3.8, 4) is 6.07 Å². The number of unbranched alkanes of at least 4 members (excludes halogenated alkanes) is 1. The lowest BCUT2D eigenvalue weighted by Gasteiger charge is -2.35. The van der Waals surface area contributed by atoms with E-state index in [4.69, 9.17) is 4.74 Å². The summed E-state index contributed by atoms with van der Waals surface area (Å²) in [5, 5.41) is 9.57. The molecule has 1 aliphatic rings. The molecule has 6 heteroatoms. The van der Waals surface area contributed by atoms with Crippen molar-refractivity contribution in [1.82, 2.24) is 9.80 Å². The summed E-state index contributed by atoms with van der Waals surface area (Å²) in [5.74, 6) is 0.525. The molecule has 0 saturated carbocycles. The van der Waals surface area contributed by atoms with Crippen molar-refractivity contribution < 1.29 is 9.53 Å². The largest absolute Gasteiger partial charge is 0.465 e. The number of methoxy groups -OCH3 is 1. The molecule has 0 saturated heterocycles. The highest BCUT2D eigenvalue weighted by Gasteiger charge is 2.28. The summed E-state index contributed by atoms with van der Waals surface area (Å²) in [6, 6.07) is 11.7. The number of nitrogens with zero attached hydrogens (tertiary/aromatic N) is 4. The summed E-state index contributed by atoms with van der Waals surface area (Å²) in [5.41, 5.74) is 1.53. The highest BCUT2D eigenvalue weighted by Crippen LogP contribution is 2.27. The van der Waals surface area contributed by atoms with E-state index in [1.807, 2.05) is 66.4 Å². The van der Waals surface area contributed by atoms with Crippen LogP contribution in [0.3, 0.4) is 0 Å². The second kappa shape index (κ2) is 8.86. The Morgan fingerprint density at radius 2 is 2.00 bits per heavy atom. The minimum absolute atomic E-state index is 0.0931. The number of hydrogen-bond acceptors (Lipinski definition) is 6. The molecule has 136 valence electrons. The summed E-state index contributed by atoms with van der Waals surface area (Å²) in [7, 11) is 5.13. The zero-order chi connectivity index (χ0) is 19.1. The maximum absolute atomic E-state index is 12.1. The van der Waals surface area contributed by atoms with Crippen LogP contribution in [0.1, 0.15) is 25.3 Å². The molecular formula is C20H24N4O2. The van der Waals surface area contributed by atoms with Gasteiger partial charge in [0.25, 0.3) is 0 Å². The van der Waals surface area contributed by atoms with Gasteiger partial charge in [0.1, 0.15) is 11.9 Å². The number of nitriles is 1. The molecule has 0 bridgehead atoms. The maximum Gasteiger partial charge on any atom is 0.352 e. The van der Waals surface area contributed by atoms with Crippen molar-refractivity contribution in [3.05, 3.63) is 59.2 Å². The number of ether oxygens (including phenoxy) is 1. The minimum Gasteiger partial charge on any atom is -0.465 e. The molecule has 2 rings (SSSR count). The fraction of sp³-hybridized carbons (Fsp3) is 0.350. The highest BCUT2D eigenvalue weighted by molar-refractivity contribution is 6.10. The Hall–Kier alpha value is -3.07. The van der Waals surface area contributed by atoms with Crippen molar-refractivity contribution >= 4 is 11.7 Å². The number of esters is 1. The molecule has 0 radical (unpaired) electrons. The van der Waals surface area contributed by atoms with Gasteiger partial charge < -0.3 is 14.5 Å². The Balaban J connectivity index is 2.67. The summed E-state index contributed by atoms with van der Waals surface area (Å²) < 4.78 is 4.80. The molecule has 1 heterocycles. The first-order chi connectivity index (χ1) is 12.5. The first kappa shape index (κ1) is 19.3. The van der Waals surface area contributed by atoms with Gasteiger partial charge in [0.2, 0.25) is 0 Å². The lowest BCUT2D eigenvalue weighted by Crippen LogP contribution is -2.36. The quantitative estimate of drug-likeness (QED) is 0.447. The van der Waals surface area contributed by atoms with Crippen LogP contribution >= 0.6 is 0 Å². The van der Waals surface area contributed by atoms with Crippen molar-refractivity contribution in [1.29, 1.82) is 5.26 Å². The van der Waals surface area contributed by atoms with Crippen molar-refractivity contribution in [2.75, 3.05) is 27.7 Å². The van der Waals surface area contributed by atoms with E-state index in [0.717, 1.165) is 24.2 Å². The molecular weight excluding hydrogens is 328 g/mol. The van der Waals surface area contributed by atoms with Gasteiger partial charge in [0.15, 0.2) is 11.4 Å². The smallest absolute Gasteiger partial charge is 0.352 e. The van der Waals surface area contributed by atoms with E-state index in [-0.39, 0.29) is 5.57 Å². The Morgan fingerprint density at radius 3 is 2.54 bits per heavy atom. The van der Waals surface area contributed by atoms with Crippen molar-refractivity contribution in [3.63, 3.8) is 0 Å². The van der Waals surface area contributed by atoms with Gasteiger partial charge in [0.05, 0.1) is 12.8 Å². The van der Waals surface area contributed by atoms with Crippen molar-refractivity contribution in [2.45, 2.75) is 19.8 Å². The van der Waals surface area contributed by atoms with Crippen LogP contribution in [0.4, 0.5) is 0 Å². The molecule has 0 aromatic heterocycles. The van der Waals surface area contributed by atoms with Gasteiger partial charge in [-0.15, -0.1) is 0 Å². The van der Waals surface area contributed by atoms with E-state index >= 15 is 0 Å². The Kier molecular flexibility index (Phi) is 6.56. The number of carbonyl (C=O) groups is 1. The number of benzene rings is 1. The number of rotatable bonds is 6. The van der Waals surface area contributed by atoms with Gasteiger partial charge in [-0.2, -0.15) is 5.26 Å². The minimum atomic E-state index is -0.680. The number of aliphatic imine (C=N–C) groups is 1. The van der Waals surface area contributed by atoms with Gasteiger partial charge in [-0.3, -0.25) is 0 Å². The molecule has 0 amide bonds. The topological polar surface area (TPSA) is 68.9 Å². The van der Waals surface area contributed by atoms with Crippen LogP contribution in [-0.4, -0.2) is 49.2 Å². The summed E-state index contributed by atoms with van der Waals surface area (Å²) in [4.78, 5) is 20.7. The van der Waals surface area contributed by atoms with Gasteiger partial charge in [0, 0.05) is 32.3 Å². The Labute approximate surface area is 154 Å². The van der Waals surface area contributed by atoms with Crippen LogP contribution in [0, 0.1) is 11.3 Å². The van der Waals surface area contributed by atoms with Crippen LogP contribution < -0.4 is 0 Å². The van der Waals surface area contributed by atoms with Crippen molar-refractivity contribution in [2.24, 2.45) is 4.99 Å². The highest BCUT2D eigenvalue weighted by atomic mass is 16.5.